The van der Waals surface area contributed by atoms with Crippen LogP contribution in [0.2, 0.25) is 0 Å². The molecule has 0 unspecified atom stereocenters. The SMILES string of the molecule is CC(=O)/C(=C\N[C@@H](c1c(C)cc(C)cc1C)[C@@H](N/C=C(\C(C)=O)C(=O)c1c(C)cc(C)cc1C)c1c(C)cc(C)cc1C)C(=O)c1c(C)cc(C)cc1C.[Co]. The minimum absolute atomic E-state index is 0. The van der Waals surface area contributed by atoms with Crippen molar-refractivity contribution < 1.29 is 36.0 Å². The van der Waals surface area contributed by atoms with Crippen LogP contribution in [0.5, 0.6) is 0 Å². The number of ketones is 4. The van der Waals surface area contributed by atoms with Crippen molar-refractivity contribution in [3.63, 3.8) is 0 Å². The number of carbonyl (C=O) groups excluding carboxylic acids is 4. The number of hydrogen-bond acceptors (Lipinski definition) is 6. The van der Waals surface area contributed by atoms with Crippen LogP contribution in [0.25, 0.3) is 0 Å². The van der Waals surface area contributed by atoms with Crippen LogP contribution in [0.15, 0.2) is 72.1 Å². The Morgan fingerprint density at radius 3 is 0.855 bits per heavy atom. The minimum Gasteiger partial charge on any atom is -0.381 e. The largest absolute Gasteiger partial charge is 0.381 e. The maximum absolute atomic E-state index is 14.2. The van der Waals surface area contributed by atoms with E-state index in [-0.39, 0.29) is 51.1 Å². The topological polar surface area (TPSA) is 92.3 Å². The third kappa shape index (κ3) is 9.88. The average Bonchev–Trinajstić information content (AvgIpc) is 3.01. The van der Waals surface area contributed by atoms with Crippen molar-refractivity contribution in [2.75, 3.05) is 0 Å². The van der Waals surface area contributed by atoms with Gasteiger partial charge in [0.15, 0.2) is 23.1 Å². The molecule has 4 aromatic carbocycles. The predicted molar refractivity (Wildman–Crippen MR) is 221 cm³/mol. The molecular weight excluding hydrogens is 727 g/mol. The van der Waals surface area contributed by atoms with Crippen molar-refractivity contribution in [2.45, 2.75) is 109 Å². The molecule has 0 aromatic heterocycles. The minimum atomic E-state index is -0.560. The van der Waals surface area contributed by atoms with Gasteiger partial charge in [-0.05, 0) is 153 Å². The van der Waals surface area contributed by atoms with Crippen LogP contribution in [0.3, 0.4) is 0 Å². The summed E-state index contributed by atoms with van der Waals surface area (Å²) in [6.07, 6.45) is 3.11. The summed E-state index contributed by atoms with van der Waals surface area (Å²) in [7, 11) is 0. The maximum atomic E-state index is 14.2. The molecule has 0 amide bonds. The van der Waals surface area contributed by atoms with E-state index in [0.717, 1.165) is 77.9 Å². The predicted octanol–water partition coefficient (Wildman–Crippen LogP) is 10.1. The molecule has 0 fully saturated rings. The van der Waals surface area contributed by atoms with E-state index in [1.54, 1.807) is 12.4 Å². The second-order valence-corrected chi connectivity index (χ2v) is 15.3. The van der Waals surface area contributed by atoms with Gasteiger partial charge in [-0.15, -0.1) is 0 Å². The van der Waals surface area contributed by atoms with Crippen LogP contribution in [0.4, 0.5) is 0 Å². The van der Waals surface area contributed by atoms with E-state index in [2.05, 4.69) is 76.4 Å². The maximum Gasteiger partial charge on any atom is 0.198 e. The van der Waals surface area contributed by atoms with Crippen LogP contribution < -0.4 is 10.6 Å². The van der Waals surface area contributed by atoms with Crippen molar-refractivity contribution >= 4 is 23.1 Å². The summed E-state index contributed by atoms with van der Waals surface area (Å²) in [5.41, 5.74) is 14.6. The number of carbonyl (C=O) groups is 4. The molecular formula is C48H56CoN2O4. The first kappa shape index (κ1) is 44.5. The standard InChI is InChI=1S/C48H56N2O4.Co/c1-25-15-29(5)41(30(6)16-25)45(49-23-39(37(13)51)47(53)43-33(9)19-27(3)20-34(43)10)46(42-31(7)17-26(2)18-32(42)8)50-24-40(38(14)52)48(54)44-35(11)21-28(4)22-36(44)12;/h15-24,45-46,49-50H,1-14H3;/b39-23+,40-24+;/t45-,46-;/m0./s1. The molecule has 0 aliphatic carbocycles. The first-order valence-electron chi connectivity index (χ1n) is 18.6. The normalized spacial score (nSPS) is 12.8. The Balaban J connectivity index is 0.00000812. The van der Waals surface area contributed by atoms with Crippen molar-refractivity contribution in [1.29, 1.82) is 0 Å². The molecule has 6 nitrogen and oxygen atoms in total. The van der Waals surface area contributed by atoms with Gasteiger partial charge in [0.25, 0.3) is 0 Å². The Labute approximate surface area is 338 Å². The molecule has 55 heavy (non-hydrogen) atoms. The number of rotatable bonds is 13. The van der Waals surface area contributed by atoms with E-state index in [4.69, 9.17) is 0 Å². The second-order valence-electron chi connectivity index (χ2n) is 15.3. The molecule has 0 heterocycles. The van der Waals surface area contributed by atoms with E-state index in [1.165, 1.54) is 13.8 Å². The van der Waals surface area contributed by atoms with E-state index in [1.807, 2.05) is 65.8 Å². The molecule has 2 N–H and O–H groups in total. The van der Waals surface area contributed by atoms with E-state index in [0.29, 0.717) is 11.1 Å². The van der Waals surface area contributed by atoms with Crippen LogP contribution in [0, 0.1) is 83.1 Å². The Kier molecular flexibility index (Phi) is 14.7. The first-order chi connectivity index (χ1) is 25.2. The van der Waals surface area contributed by atoms with E-state index < -0.39 is 12.1 Å². The van der Waals surface area contributed by atoms with Gasteiger partial charge in [-0.3, -0.25) is 19.2 Å². The number of hydrogen-bond donors (Lipinski definition) is 2. The smallest absolute Gasteiger partial charge is 0.198 e. The molecule has 0 spiro atoms. The fourth-order valence-electron chi connectivity index (χ4n) is 8.40. The molecule has 0 saturated heterocycles. The summed E-state index contributed by atoms with van der Waals surface area (Å²) in [4.78, 5) is 55.0. The van der Waals surface area contributed by atoms with Gasteiger partial charge < -0.3 is 10.6 Å². The van der Waals surface area contributed by atoms with E-state index >= 15 is 0 Å². The summed E-state index contributed by atoms with van der Waals surface area (Å²) < 4.78 is 0. The van der Waals surface area contributed by atoms with Crippen LogP contribution in [-0.4, -0.2) is 23.1 Å². The number of benzene rings is 4. The van der Waals surface area contributed by atoms with Gasteiger partial charge in [0.2, 0.25) is 0 Å². The zero-order valence-corrected chi connectivity index (χ0v) is 35.9. The second kappa shape index (κ2) is 18.2. The average molecular weight is 784 g/mol. The zero-order valence-electron chi connectivity index (χ0n) is 34.9. The van der Waals surface area contributed by atoms with Crippen LogP contribution in [0.1, 0.15) is 125 Å². The summed E-state index contributed by atoms with van der Waals surface area (Å²) >= 11 is 0. The molecule has 4 rings (SSSR count). The van der Waals surface area contributed by atoms with Crippen molar-refractivity contribution in [1.82, 2.24) is 10.6 Å². The van der Waals surface area contributed by atoms with Gasteiger partial charge in [0.1, 0.15) is 0 Å². The van der Waals surface area contributed by atoms with Gasteiger partial charge in [0, 0.05) is 40.3 Å². The van der Waals surface area contributed by atoms with Gasteiger partial charge in [-0.2, -0.15) is 0 Å². The zero-order chi connectivity index (χ0) is 40.3. The number of Topliss-reactive ketones (excluding diaryl/α,β-unsaturated/α-hetero) is 4. The quantitative estimate of drug-likeness (QED) is 0.0607. The molecule has 4 aromatic rings. The Bertz CT molecular complexity index is 2010. The van der Waals surface area contributed by atoms with Crippen LogP contribution in [-0.2, 0) is 26.4 Å². The molecule has 2 atom stereocenters. The Hall–Kier alpha value is -4.85. The number of nitrogens with one attached hydrogen (secondary N) is 2. The molecule has 0 saturated carbocycles. The van der Waals surface area contributed by atoms with Gasteiger partial charge in [0.05, 0.1) is 23.2 Å². The molecule has 291 valence electrons. The molecule has 0 aliphatic rings. The third-order valence-corrected chi connectivity index (χ3v) is 10.3. The molecule has 1 radical (unpaired) electrons. The van der Waals surface area contributed by atoms with E-state index in [9.17, 15) is 19.2 Å². The van der Waals surface area contributed by atoms with Gasteiger partial charge in [-0.1, -0.05) is 70.8 Å². The first-order valence-corrected chi connectivity index (χ1v) is 18.6. The molecule has 7 heteroatoms. The van der Waals surface area contributed by atoms with Crippen molar-refractivity contribution in [3.05, 3.63) is 161 Å². The van der Waals surface area contributed by atoms with Crippen molar-refractivity contribution in [3.8, 4) is 0 Å². The monoisotopic (exact) mass is 783 g/mol. The third-order valence-electron chi connectivity index (χ3n) is 10.3. The summed E-state index contributed by atoms with van der Waals surface area (Å²) in [6, 6.07) is 15.2. The Morgan fingerprint density at radius 1 is 0.418 bits per heavy atom. The van der Waals surface area contributed by atoms with Crippen molar-refractivity contribution in [2.24, 2.45) is 0 Å². The number of aryl methyl sites for hydroxylation is 12. The van der Waals surface area contributed by atoms with Gasteiger partial charge >= 0.3 is 0 Å². The number of allylic oxidation sites excluding steroid dienone is 2. The summed E-state index contributed by atoms with van der Waals surface area (Å²) in [5.74, 6) is -1.41. The molecule has 0 bridgehead atoms. The summed E-state index contributed by atoms with van der Waals surface area (Å²) in [6.45, 7) is 26.7. The van der Waals surface area contributed by atoms with Crippen LogP contribution >= 0.6 is 0 Å². The summed E-state index contributed by atoms with van der Waals surface area (Å²) in [5, 5.41) is 7.12. The van der Waals surface area contributed by atoms with Gasteiger partial charge in [-0.25, -0.2) is 0 Å². The Morgan fingerprint density at radius 2 is 0.636 bits per heavy atom. The fraction of sp³-hybridized carbons (Fsp3) is 0.333. The molecule has 0 aliphatic heterocycles. The fourth-order valence-corrected chi connectivity index (χ4v) is 8.40.